The SMILES string of the molecule is C=C(Br)Cn1c(O)c(F)c(=O)[nH]c1=O. The highest BCUT2D eigenvalue weighted by molar-refractivity contribution is 9.11. The van der Waals surface area contributed by atoms with Crippen LogP contribution in [0, 0.1) is 5.82 Å². The van der Waals surface area contributed by atoms with Crippen LogP contribution in [0.25, 0.3) is 0 Å². The predicted molar refractivity (Wildman–Crippen MR) is 51.0 cm³/mol. The molecule has 1 rings (SSSR count). The van der Waals surface area contributed by atoms with Crippen molar-refractivity contribution in [1.29, 1.82) is 0 Å². The minimum atomic E-state index is -1.39. The number of allylic oxidation sites excluding steroid dienone is 1. The number of halogens is 2. The van der Waals surface area contributed by atoms with E-state index in [9.17, 15) is 14.0 Å². The van der Waals surface area contributed by atoms with Gasteiger partial charge in [0.05, 0.1) is 6.54 Å². The highest BCUT2D eigenvalue weighted by atomic mass is 79.9. The van der Waals surface area contributed by atoms with Gasteiger partial charge in [-0.25, -0.2) is 4.79 Å². The Bertz CT molecular complexity index is 491. The third kappa shape index (κ3) is 1.92. The molecule has 7 heteroatoms. The lowest BCUT2D eigenvalue weighted by molar-refractivity contribution is 0.368. The zero-order valence-corrected chi connectivity index (χ0v) is 8.47. The van der Waals surface area contributed by atoms with E-state index in [1.54, 1.807) is 4.98 Å². The first-order valence-electron chi connectivity index (χ1n) is 3.48. The molecule has 0 aliphatic carbocycles. The molecule has 76 valence electrons. The van der Waals surface area contributed by atoms with Crippen LogP contribution >= 0.6 is 15.9 Å². The monoisotopic (exact) mass is 264 g/mol. The smallest absolute Gasteiger partial charge is 0.331 e. The van der Waals surface area contributed by atoms with Crippen molar-refractivity contribution >= 4 is 15.9 Å². The lowest BCUT2D eigenvalue weighted by atomic mass is 10.5. The molecular formula is C7H6BrFN2O3. The van der Waals surface area contributed by atoms with Crippen molar-refractivity contribution in [3.05, 3.63) is 37.7 Å². The van der Waals surface area contributed by atoms with Crippen molar-refractivity contribution in [2.75, 3.05) is 0 Å². The summed E-state index contributed by atoms with van der Waals surface area (Å²) in [5.41, 5.74) is -2.14. The molecule has 0 radical (unpaired) electrons. The maximum absolute atomic E-state index is 12.8. The molecular weight excluding hydrogens is 259 g/mol. The number of rotatable bonds is 2. The second-order valence-corrected chi connectivity index (χ2v) is 3.62. The number of hydrogen-bond donors (Lipinski definition) is 2. The van der Waals surface area contributed by atoms with Crippen LogP contribution in [0.1, 0.15) is 0 Å². The van der Waals surface area contributed by atoms with Crippen molar-refractivity contribution in [2.45, 2.75) is 6.54 Å². The highest BCUT2D eigenvalue weighted by Gasteiger charge is 2.13. The van der Waals surface area contributed by atoms with E-state index in [1.165, 1.54) is 0 Å². The van der Waals surface area contributed by atoms with E-state index in [1.807, 2.05) is 0 Å². The van der Waals surface area contributed by atoms with Crippen molar-refractivity contribution in [3.63, 3.8) is 0 Å². The fraction of sp³-hybridized carbons (Fsp3) is 0.143. The predicted octanol–water partition coefficient (Wildman–Crippen LogP) is 0.290. The van der Waals surface area contributed by atoms with Crippen LogP contribution in [0.15, 0.2) is 20.7 Å². The van der Waals surface area contributed by atoms with Gasteiger partial charge < -0.3 is 5.11 Å². The first-order chi connectivity index (χ1) is 6.43. The number of nitrogens with zero attached hydrogens (tertiary/aromatic N) is 1. The van der Waals surface area contributed by atoms with Crippen molar-refractivity contribution < 1.29 is 9.50 Å². The Balaban J connectivity index is 3.44. The number of aromatic amines is 1. The summed E-state index contributed by atoms with van der Waals surface area (Å²) in [6.07, 6.45) is 0. The molecule has 0 aromatic carbocycles. The molecule has 0 saturated carbocycles. The average Bonchev–Trinajstić information content (AvgIpc) is 2.09. The molecule has 5 nitrogen and oxygen atoms in total. The van der Waals surface area contributed by atoms with Gasteiger partial charge in [-0.1, -0.05) is 22.5 Å². The van der Waals surface area contributed by atoms with E-state index < -0.39 is 22.9 Å². The lowest BCUT2D eigenvalue weighted by Crippen LogP contribution is -2.31. The average molecular weight is 265 g/mol. The highest BCUT2D eigenvalue weighted by Crippen LogP contribution is 2.11. The fourth-order valence-electron chi connectivity index (χ4n) is 0.854. The minimum absolute atomic E-state index is 0.127. The van der Waals surface area contributed by atoms with E-state index in [-0.39, 0.29) is 6.54 Å². The van der Waals surface area contributed by atoms with Gasteiger partial charge in [0.2, 0.25) is 11.7 Å². The van der Waals surface area contributed by atoms with Crippen molar-refractivity contribution in [3.8, 4) is 5.88 Å². The van der Waals surface area contributed by atoms with Crippen LogP contribution in [0.3, 0.4) is 0 Å². The molecule has 1 aromatic heterocycles. The lowest BCUT2D eigenvalue weighted by Gasteiger charge is -2.05. The van der Waals surface area contributed by atoms with E-state index >= 15 is 0 Å². The summed E-state index contributed by atoms with van der Waals surface area (Å²) in [6, 6.07) is 0. The number of aromatic hydroxyl groups is 1. The van der Waals surface area contributed by atoms with Crippen LogP contribution in [-0.2, 0) is 6.54 Å². The largest absolute Gasteiger partial charge is 0.492 e. The summed E-state index contributed by atoms with van der Waals surface area (Å²) in [5, 5.41) is 9.11. The Morgan fingerprint density at radius 3 is 2.71 bits per heavy atom. The van der Waals surface area contributed by atoms with Gasteiger partial charge in [-0.05, 0) is 0 Å². The normalized spacial score (nSPS) is 10.1. The number of H-pyrrole nitrogens is 1. The third-order valence-corrected chi connectivity index (χ3v) is 1.70. The first-order valence-corrected chi connectivity index (χ1v) is 4.27. The minimum Gasteiger partial charge on any atom is -0.492 e. The zero-order chi connectivity index (χ0) is 10.9. The molecule has 0 amide bonds. The zero-order valence-electron chi connectivity index (χ0n) is 6.88. The Morgan fingerprint density at radius 2 is 2.21 bits per heavy atom. The van der Waals surface area contributed by atoms with Crippen LogP contribution in [0.5, 0.6) is 5.88 Å². The summed E-state index contributed by atoms with van der Waals surface area (Å²) in [5.74, 6) is -2.39. The van der Waals surface area contributed by atoms with Crippen molar-refractivity contribution in [1.82, 2.24) is 9.55 Å². The second kappa shape index (κ2) is 3.79. The molecule has 0 bridgehead atoms. The topological polar surface area (TPSA) is 75.1 Å². The maximum Gasteiger partial charge on any atom is 0.331 e. The second-order valence-electron chi connectivity index (χ2n) is 2.50. The van der Waals surface area contributed by atoms with Crippen LogP contribution in [-0.4, -0.2) is 14.7 Å². The molecule has 0 aliphatic heterocycles. The molecule has 0 spiro atoms. The summed E-state index contributed by atoms with van der Waals surface area (Å²) < 4.78 is 13.8. The Hall–Kier alpha value is -1.37. The molecule has 1 aromatic rings. The quantitative estimate of drug-likeness (QED) is 0.807. The van der Waals surface area contributed by atoms with Gasteiger partial charge in [0.25, 0.3) is 5.56 Å². The van der Waals surface area contributed by atoms with Crippen LogP contribution in [0.4, 0.5) is 4.39 Å². The summed E-state index contributed by atoms with van der Waals surface area (Å²) in [6.45, 7) is 3.29. The van der Waals surface area contributed by atoms with Crippen molar-refractivity contribution in [2.24, 2.45) is 0 Å². The summed E-state index contributed by atoms with van der Waals surface area (Å²) in [7, 11) is 0. The Labute approximate surface area is 85.6 Å². The van der Waals surface area contributed by atoms with Gasteiger partial charge in [-0.15, -0.1) is 0 Å². The molecule has 0 unspecified atom stereocenters. The standard InChI is InChI=1S/C7H6BrFN2O3/c1-3(8)2-11-6(13)4(9)5(12)10-7(11)14/h13H,1-2H2,(H,10,12,14). The number of aromatic nitrogens is 2. The van der Waals surface area contributed by atoms with Gasteiger partial charge in [0, 0.05) is 4.48 Å². The maximum atomic E-state index is 12.8. The molecule has 0 atom stereocenters. The molecule has 0 aliphatic rings. The Morgan fingerprint density at radius 1 is 1.64 bits per heavy atom. The van der Waals surface area contributed by atoms with E-state index in [0.717, 1.165) is 0 Å². The Kier molecular flexibility index (Phi) is 2.90. The van der Waals surface area contributed by atoms with E-state index in [0.29, 0.717) is 9.05 Å². The van der Waals surface area contributed by atoms with Crippen LogP contribution in [0.2, 0.25) is 0 Å². The van der Waals surface area contributed by atoms with Gasteiger partial charge >= 0.3 is 5.69 Å². The van der Waals surface area contributed by atoms with Gasteiger partial charge in [-0.3, -0.25) is 14.3 Å². The summed E-state index contributed by atoms with van der Waals surface area (Å²) in [4.78, 5) is 23.4. The molecule has 2 N–H and O–H groups in total. The first kappa shape index (κ1) is 10.7. The molecule has 14 heavy (non-hydrogen) atoms. The van der Waals surface area contributed by atoms with Gasteiger partial charge in [0.1, 0.15) is 0 Å². The van der Waals surface area contributed by atoms with E-state index in [2.05, 4.69) is 22.5 Å². The van der Waals surface area contributed by atoms with Gasteiger partial charge in [-0.2, -0.15) is 4.39 Å². The molecule has 0 saturated heterocycles. The molecule has 1 heterocycles. The summed E-state index contributed by atoms with van der Waals surface area (Å²) >= 11 is 2.94. The molecule has 0 fully saturated rings. The van der Waals surface area contributed by atoms with Gasteiger partial charge in [0.15, 0.2) is 0 Å². The number of hydrogen-bond acceptors (Lipinski definition) is 3. The fourth-order valence-corrected chi connectivity index (χ4v) is 1.10. The van der Waals surface area contributed by atoms with E-state index in [4.69, 9.17) is 5.11 Å². The third-order valence-electron chi connectivity index (χ3n) is 1.45. The number of nitrogens with one attached hydrogen (secondary N) is 1. The van der Waals surface area contributed by atoms with Crippen LogP contribution < -0.4 is 11.2 Å².